The molecule has 0 radical (unpaired) electrons. The number of halogens is 1. The largest absolute Gasteiger partial charge is 0.494 e. The molecule has 3 unspecified atom stereocenters. The zero-order valence-electron chi connectivity index (χ0n) is 24.0. The molecule has 5 nitrogen and oxygen atoms in total. The number of fused-ring (bicyclic) bond motifs is 2. The molecule has 2 saturated heterocycles. The highest BCUT2D eigenvalue weighted by atomic mass is 35.5. The van der Waals surface area contributed by atoms with Crippen molar-refractivity contribution in [2.24, 2.45) is 0 Å². The van der Waals surface area contributed by atoms with Crippen molar-refractivity contribution in [3.05, 3.63) is 136 Å². The van der Waals surface area contributed by atoms with Crippen LogP contribution in [-0.2, 0) is 44.4 Å². The van der Waals surface area contributed by atoms with Gasteiger partial charge in [0.15, 0.2) is 5.79 Å². The fourth-order valence-corrected chi connectivity index (χ4v) is 6.09. The average Bonchev–Trinajstić information content (AvgIpc) is 3.30. The van der Waals surface area contributed by atoms with Crippen LogP contribution in [0.25, 0.3) is 0 Å². The van der Waals surface area contributed by atoms with E-state index in [9.17, 15) is 0 Å². The van der Waals surface area contributed by atoms with E-state index < -0.39 is 11.4 Å². The third-order valence-electron chi connectivity index (χ3n) is 7.97. The van der Waals surface area contributed by atoms with E-state index in [1.165, 1.54) is 0 Å². The van der Waals surface area contributed by atoms with Crippen LogP contribution in [-0.4, -0.2) is 31.5 Å². The molecule has 2 aliphatic heterocycles. The van der Waals surface area contributed by atoms with Crippen molar-refractivity contribution in [2.75, 3.05) is 19.8 Å². The second-order valence-electron chi connectivity index (χ2n) is 11.2. The minimum absolute atomic E-state index is 0.0629. The van der Waals surface area contributed by atoms with Crippen LogP contribution in [0.2, 0.25) is 5.02 Å². The third kappa shape index (κ3) is 6.72. The van der Waals surface area contributed by atoms with Crippen LogP contribution in [0.5, 0.6) is 5.75 Å². The van der Waals surface area contributed by atoms with Gasteiger partial charge in [-0.25, -0.2) is 0 Å². The molecule has 0 spiro atoms. The zero-order valence-corrected chi connectivity index (χ0v) is 24.7. The SMILES string of the molecule is CCOc1ccc(Cc2cc(C34CC(OCc5ccccc5)CC(COCc5ccccc5)(CO3)O4)ccc2Cl)cc1. The van der Waals surface area contributed by atoms with Gasteiger partial charge < -0.3 is 23.7 Å². The van der Waals surface area contributed by atoms with Crippen LogP contribution in [0.3, 0.4) is 0 Å². The number of hydrogen-bond acceptors (Lipinski definition) is 5. The summed E-state index contributed by atoms with van der Waals surface area (Å²) in [6, 6.07) is 34.7. The Morgan fingerprint density at radius 3 is 2.24 bits per heavy atom. The minimum atomic E-state index is -0.937. The molecule has 6 heteroatoms. The highest BCUT2D eigenvalue weighted by Crippen LogP contribution is 2.50. The van der Waals surface area contributed by atoms with E-state index >= 15 is 0 Å². The molecule has 6 rings (SSSR count). The Balaban J connectivity index is 1.23. The number of rotatable bonds is 12. The summed E-state index contributed by atoms with van der Waals surface area (Å²) in [5.74, 6) is -0.0734. The summed E-state index contributed by atoms with van der Waals surface area (Å²) >= 11 is 6.71. The van der Waals surface area contributed by atoms with Crippen molar-refractivity contribution >= 4 is 11.6 Å². The summed E-state index contributed by atoms with van der Waals surface area (Å²) in [4.78, 5) is 0. The Bertz CT molecular complexity index is 1450. The van der Waals surface area contributed by atoms with E-state index in [0.717, 1.165) is 33.6 Å². The molecule has 0 saturated carbocycles. The quantitative estimate of drug-likeness (QED) is 0.170. The Morgan fingerprint density at radius 2 is 1.52 bits per heavy atom. The van der Waals surface area contributed by atoms with Crippen molar-refractivity contribution in [3.8, 4) is 5.75 Å². The van der Waals surface area contributed by atoms with Gasteiger partial charge in [-0.05, 0) is 59.9 Å². The van der Waals surface area contributed by atoms with Gasteiger partial charge in [-0.2, -0.15) is 0 Å². The van der Waals surface area contributed by atoms with Crippen molar-refractivity contribution < 1.29 is 23.7 Å². The van der Waals surface area contributed by atoms with E-state index in [1.807, 2.05) is 67.6 Å². The maximum atomic E-state index is 6.88. The van der Waals surface area contributed by atoms with Gasteiger partial charge in [-0.15, -0.1) is 0 Å². The Kier molecular flexibility index (Phi) is 8.94. The average molecular weight is 585 g/mol. The molecule has 3 atom stereocenters. The second-order valence-corrected chi connectivity index (χ2v) is 11.6. The molecule has 2 aliphatic rings. The molecular weight excluding hydrogens is 548 g/mol. The third-order valence-corrected chi connectivity index (χ3v) is 8.33. The molecule has 4 aromatic carbocycles. The molecule has 2 fully saturated rings. The lowest BCUT2D eigenvalue weighted by Gasteiger charge is -2.42. The first-order valence-corrected chi connectivity index (χ1v) is 15.0. The van der Waals surface area contributed by atoms with Gasteiger partial charge in [0.2, 0.25) is 0 Å². The topological polar surface area (TPSA) is 46.2 Å². The first-order chi connectivity index (χ1) is 20.5. The molecule has 42 heavy (non-hydrogen) atoms. The van der Waals surface area contributed by atoms with Crippen molar-refractivity contribution in [3.63, 3.8) is 0 Å². The first-order valence-electron chi connectivity index (χ1n) is 14.7. The summed E-state index contributed by atoms with van der Waals surface area (Å²) in [5.41, 5.74) is 4.78. The zero-order chi connectivity index (χ0) is 28.8. The monoisotopic (exact) mass is 584 g/mol. The maximum Gasteiger partial charge on any atom is 0.198 e. The van der Waals surface area contributed by atoms with Crippen molar-refractivity contribution in [1.29, 1.82) is 0 Å². The minimum Gasteiger partial charge on any atom is -0.494 e. The highest BCUT2D eigenvalue weighted by molar-refractivity contribution is 6.31. The van der Waals surface area contributed by atoms with E-state index in [2.05, 4.69) is 42.5 Å². The molecular formula is C36H37ClO5. The van der Waals surface area contributed by atoms with E-state index in [4.69, 9.17) is 35.3 Å². The lowest BCUT2D eigenvalue weighted by Crippen LogP contribution is -2.49. The van der Waals surface area contributed by atoms with Gasteiger partial charge in [-0.1, -0.05) is 90.5 Å². The van der Waals surface area contributed by atoms with Crippen LogP contribution >= 0.6 is 11.6 Å². The molecule has 2 heterocycles. The molecule has 0 aliphatic carbocycles. The molecule has 0 N–H and O–H groups in total. The van der Waals surface area contributed by atoms with Crippen LogP contribution in [0.15, 0.2) is 103 Å². The fourth-order valence-electron chi connectivity index (χ4n) is 5.91. The Hall–Kier alpha value is -3.19. The number of hydrogen-bond donors (Lipinski definition) is 0. The van der Waals surface area contributed by atoms with Crippen LogP contribution in [0, 0.1) is 0 Å². The summed E-state index contributed by atoms with van der Waals surface area (Å²) in [6.07, 6.45) is 1.91. The van der Waals surface area contributed by atoms with Crippen molar-refractivity contribution in [2.45, 2.75) is 56.9 Å². The van der Waals surface area contributed by atoms with Crippen LogP contribution in [0.4, 0.5) is 0 Å². The Labute approximate surface area is 253 Å². The van der Waals surface area contributed by atoms with Crippen molar-refractivity contribution in [1.82, 2.24) is 0 Å². The van der Waals surface area contributed by atoms with Gasteiger partial charge in [0.1, 0.15) is 11.4 Å². The first kappa shape index (κ1) is 28.9. The normalized spacial score (nSPS) is 23.1. The van der Waals surface area contributed by atoms with Crippen LogP contribution in [0.1, 0.15) is 47.6 Å². The summed E-state index contributed by atoms with van der Waals surface area (Å²) in [6.45, 7) is 4.53. The Morgan fingerprint density at radius 1 is 0.810 bits per heavy atom. The predicted octanol–water partition coefficient (Wildman–Crippen LogP) is 7.86. The standard InChI is InChI=1S/C36H37ClO5/c1-2-39-32-16-13-27(14-17-32)19-30-20-31(15-18-34(30)37)36-22-33(40-24-29-11-7-4-8-12-29)21-35(42-36,26-41-36)25-38-23-28-9-5-3-6-10-28/h3-18,20,33H,2,19,21-26H2,1H3. The predicted molar refractivity (Wildman–Crippen MR) is 164 cm³/mol. The maximum absolute atomic E-state index is 6.88. The van der Waals surface area contributed by atoms with E-state index in [-0.39, 0.29) is 6.10 Å². The molecule has 4 aromatic rings. The number of benzene rings is 4. The van der Waals surface area contributed by atoms with Gasteiger partial charge >= 0.3 is 0 Å². The summed E-state index contributed by atoms with van der Waals surface area (Å²) < 4.78 is 31.8. The van der Waals surface area contributed by atoms with Gasteiger partial charge in [0, 0.05) is 23.4 Å². The van der Waals surface area contributed by atoms with Gasteiger partial charge in [0.05, 0.1) is 39.1 Å². The lowest BCUT2D eigenvalue weighted by molar-refractivity contribution is -0.258. The second kappa shape index (κ2) is 13.0. The lowest BCUT2D eigenvalue weighted by atomic mass is 9.87. The molecule has 0 aromatic heterocycles. The smallest absolute Gasteiger partial charge is 0.198 e. The van der Waals surface area contributed by atoms with Gasteiger partial charge in [-0.3, -0.25) is 0 Å². The molecule has 218 valence electrons. The number of ether oxygens (including phenoxy) is 5. The van der Waals surface area contributed by atoms with Crippen LogP contribution < -0.4 is 4.74 Å². The molecule has 0 amide bonds. The summed E-state index contributed by atoms with van der Waals surface area (Å²) in [5, 5.41) is 0.715. The molecule has 2 bridgehead atoms. The van der Waals surface area contributed by atoms with E-state index in [0.29, 0.717) is 57.3 Å². The fraction of sp³-hybridized carbons (Fsp3) is 0.333. The van der Waals surface area contributed by atoms with Gasteiger partial charge in [0.25, 0.3) is 0 Å². The van der Waals surface area contributed by atoms with E-state index in [1.54, 1.807) is 0 Å². The summed E-state index contributed by atoms with van der Waals surface area (Å²) in [7, 11) is 0. The highest BCUT2D eigenvalue weighted by Gasteiger charge is 2.58.